The van der Waals surface area contributed by atoms with Gasteiger partial charge in [0.2, 0.25) is 11.8 Å². The molecule has 6 nitrogen and oxygen atoms in total. The van der Waals surface area contributed by atoms with Crippen molar-refractivity contribution < 1.29 is 14.3 Å². The number of fused-ring (bicyclic) bond motifs is 4. The third-order valence-corrected chi connectivity index (χ3v) is 7.53. The van der Waals surface area contributed by atoms with E-state index < -0.39 is 6.04 Å². The SMILES string of the molecule is COc1ccc(CN2CC(=O)N3[C@@H](c4cccc(Br)c4)c4[nH]c5ccccc5c4C[C@H]3C2=O)cc1. The fourth-order valence-corrected chi connectivity index (χ4v) is 5.85. The standard InChI is InChI=1S/C28H24BrN3O3/c1-35-20-11-9-17(10-12-20)15-31-16-25(33)32-24(28(31)34)14-22-21-7-2-3-8-23(21)30-26(22)27(32)18-5-4-6-19(29)13-18/h2-13,24,27,30H,14-16H2,1H3/t24-,27-/m0/s1. The highest BCUT2D eigenvalue weighted by Crippen LogP contribution is 2.43. The summed E-state index contributed by atoms with van der Waals surface area (Å²) in [5, 5.41) is 1.11. The zero-order valence-electron chi connectivity index (χ0n) is 19.2. The van der Waals surface area contributed by atoms with Crippen LogP contribution in [0.1, 0.15) is 28.4 Å². The van der Waals surface area contributed by atoms with E-state index in [1.807, 2.05) is 66.7 Å². The second-order valence-corrected chi connectivity index (χ2v) is 10.00. The fourth-order valence-electron chi connectivity index (χ4n) is 5.43. The number of nitrogens with zero attached hydrogens (tertiary/aromatic N) is 2. The molecule has 0 spiro atoms. The number of amides is 2. The topological polar surface area (TPSA) is 65.6 Å². The van der Waals surface area contributed by atoms with Crippen LogP contribution in [0.2, 0.25) is 0 Å². The molecular weight excluding hydrogens is 506 g/mol. The van der Waals surface area contributed by atoms with Crippen LogP contribution in [0, 0.1) is 0 Å². The third-order valence-electron chi connectivity index (χ3n) is 7.04. The summed E-state index contributed by atoms with van der Waals surface area (Å²) >= 11 is 3.58. The molecule has 0 saturated carbocycles. The van der Waals surface area contributed by atoms with Crippen molar-refractivity contribution in [1.82, 2.24) is 14.8 Å². The zero-order valence-corrected chi connectivity index (χ0v) is 20.8. The van der Waals surface area contributed by atoms with Gasteiger partial charge in [-0.25, -0.2) is 0 Å². The summed E-state index contributed by atoms with van der Waals surface area (Å²) < 4.78 is 6.18. The number of benzene rings is 3. The predicted octanol–water partition coefficient (Wildman–Crippen LogP) is 4.82. The van der Waals surface area contributed by atoms with Gasteiger partial charge in [-0.15, -0.1) is 0 Å². The smallest absolute Gasteiger partial charge is 0.246 e. The third kappa shape index (κ3) is 3.71. The molecule has 0 aliphatic carbocycles. The summed E-state index contributed by atoms with van der Waals surface area (Å²) in [4.78, 5) is 34.5. The van der Waals surface area contributed by atoms with E-state index in [2.05, 4.69) is 27.0 Å². The van der Waals surface area contributed by atoms with E-state index in [4.69, 9.17) is 4.74 Å². The molecule has 3 heterocycles. The quantitative estimate of drug-likeness (QED) is 0.412. The summed E-state index contributed by atoms with van der Waals surface area (Å²) in [7, 11) is 1.63. The van der Waals surface area contributed by atoms with Gasteiger partial charge < -0.3 is 19.5 Å². The molecule has 3 aromatic carbocycles. The number of carbonyl (C=O) groups is 2. The number of hydrogen-bond donors (Lipinski definition) is 1. The molecule has 2 atom stereocenters. The van der Waals surface area contributed by atoms with E-state index in [0.717, 1.165) is 43.5 Å². The van der Waals surface area contributed by atoms with E-state index in [-0.39, 0.29) is 24.4 Å². The summed E-state index contributed by atoms with van der Waals surface area (Å²) in [6.07, 6.45) is 0.494. The minimum Gasteiger partial charge on any atom is -0.497 e. The molecule has 1 saturated heterocycles. The molecule has 2 aliphatic heterocycles. The van der Waals surface area contributed by atoms with Crippen molar-refractivity contribution in [2.24, 2.45) is 0 Å². The molecular formula is C28H24BrN3O3. The molecule has 7 heteroatoms. The van der Waals surface area contributed by atoms with Crippen molar-refractivity contribution in [2.45, 2.75) is 25.0 Å². The number of halogens is 1. The number of nitrogens with one attached hydrogen (secondary N) is 1. The number of piperazine rings is 1. The Hall–Kier alpha value is -3.58. The minimum atomic E-state index is -0.551. The van der Waals surface area contributed by atoms with Crippen LogP contribution >= 0.6 is 15.9 Å². The Kier molecular flexibility index (Phi) is 5.37. The Morgan fingerprint density at radius 1 is 1.03 bits per heavy atom. The van der Waals surface area contributed by atoms with Gasteiger partial charge in [0.1, 0.15) is 18.3 Å². The van der Waals surface area contributed by atoms with Crippen LogP contribution < -0.4 is 4.74 Å². The molecule has 1 fully saturated rings. The van der Waals surface area contributed by atoms with Crippen LogP contribution in [-0.2, 0) is 22.6 Å². The van der Waals surface area contributed by atoms with Gasteiger partial charge in [0.05, 0.1) is 13.2 Å². The molecule has 35 heavy (non-hydrogen) atoms. The van der Waals surface area contributed by atoms with Crippen molar-refractivity contribution >= 4 is 38.6 Å². The summed E-state index contributed by atoms with van der Waals surface area (Å²) in [6.45, 7) is 0.447. The van der Waals surface area contributed by atoms with Crippen molar-refractivity contribution in [1.29, 1.82) is 0 Å². The Balaban J connectivity index is 1.42. The zero-order chi connectivity index (χ0) is 24.1. The molecule has 0 radical (unpaired) electrons. The lowest BCUT2D eigenvalue weighted by molar-refractivity contribution is -0.159. The van der Waals surface area contributed by atoms with E-state index in [9.17, 15) is 9.59 Å². The first-order valence-corrected chi connectivity index (χ1v) is 12.4. The van der Waals surface area contributed by atoms with Crippen molar-refractivity contribution in [2.75, 3.05) is 13.7 Å². The average Bonchev–Trinajstić information content (AvgIpc) is 3.24. The maximum Gasteiger partial charge on any atom is 0.246 e. The lowest BCUT2D eigenvalue weighted by atomic mass is 9.86. The van der Waals surface area contributed by atoms with Gasteiger partial charge in [0, 0.05) is 34.0 Å². The van der Waals surface area contributed by atoms with Crippen LogP contribution in [-0.4, -0.2) is 46.3 Å². The maximum absolute atomic E-state index is 13.8. The van der Waals surface area contributed by atoms with Gasteiger partial charge >= 0.3 is 0 Å². The number of aromatic amines is 1. The number of H-pyrrole nitrogens is 1. The average molecular weight is 530 g/mol. The normalized spacial score (nSPS) is 19.6. The van der Waals surface area contributed by atoms with Gasteiger partial charge in [0.15, 0.2) is 0 Å². The van der Waals surface area contributed by atoms with Crippen molar-refractivity contribution in [3.05, 3.63) is 99.7 Å². The highest BCUT2D eigenvalue weighted by Gasteiger charge is 2.48. The molecule has 0 bridgehead atoms. The van der Waals surface area contributed by atoms with Gasteiger partial charge in [0.25, 0.3) is 0 Å². The van der Waals surface area contributed by atoms with E-state index in [1.165, 1.54) is 0 Å². The van der Waals surface area contributed by atoms with Crippen LogP contribution in [0.3, 0.4) is 0 Å². The molecule has 4 aromatic rings. The Labute approximate surface area is 211 Å². The van der Waals surface area contributed by atoms with Crippen LogP contribution in [0.5, 0.6) is 5.75 Å². The number of methoxy groups -OCH3 is 1. The molecule has 1 N–H and O–H groups in total. The molecule has 176 valence electrons. The van der Waals surface area contributed by atoms with Crippen LogP contribution in [0.25, 0.3) is 10.9 Å². The summed E-state index contributed by atoms with van der Waals surface area (Å²) in [6, 6.07) is 22.9. The Morgan fingerprint density at radius 3 is 2.60 bits per heavy atom. The second kappa shape index (κ2) is 8.57. The fraction of sp³-hybridized carbons (Fsp3) is 0.214. The largest absolute Gasteiger partial charge is 0.497 e. The summed E-state index contributed by atoms with van der Waals surface area (Å²) in [5.74, 6) is 0.700. The highest BCUT2D eigenvalue weighted by molar-refractivity contribution is 9.10. The number of ether oxygens (including phenoxy) is 1. The van der Waals surface area contributed by atoms with E-state index in [1.54, 1.807) is 16.9 Å². The van der Waals surface area contributed by atoms with Gasteiger partial charge in [-0.2, -0.15) is 0 Å². The van der Waals surface area contributed by atoms with E-state index >= 15 is 0 Å². The molecule has 0 unspecified atom stereocenters. The Bertz CT molecular complexity index is 1450. The molecule has 2 amide bonds. The molecule has 1 aromatic heterocycles. The maximum atomic E-state index is 13.8. The van der Waals surface area contributed by atoms with Gasteiger partial charge in [-0.3, -0.25) is 9.59 Å². The van der Waals surface area contributed by atoms with Crippen molar-refractivity contribution in [3.8, 4) is 5.75 Å². The first-order chi connectivity index (χ1) is 17.0. The first-order valence-electron chi connectivity index (χ1n) is 11.6. The minimum absolute atomic E-state index is 0.0173. The van der Waals surface area contributed by atoms with Crippen LogP contribution in [0.15, 0.2) is 77.3 Å². The lowest BCUT2D eigenvalue weighted by Crippen LogP contribution is -2.62. The number of para-hydroxylation sites is 1. The molecule has 6 rings (SSSR count). The Morgan fingerprint density at radius 2 is 1.83 bits per heavy atom. The monoisotopic (exact) mass is 529 g/mol. The van der Waals surface area contributed by atoms with Crippen molar-refractivity contribution in [3.63, 3.8) is 0 Å². The lowest BCUT2D eigenvalue weighted by Gasteiger charge is -2.47. The number of carbonyl (C=O) groups excluding carboxylic acids is 2. The highest BCUT2D eigenvalue weighted by atomic mass is 79.9. The van der Waals surface area contributed by atoms with E-state index in [0.29, 0.717) is 13.0 Å². The van der Waals surface area contributed by atoms with Gasteiger partial charge in [-0.1, -0.05) is 58.4 Å². The predicted molar refractivity (Wildman–Crippen MR) is 137 cm³/mol. The number of aromatic nitrogens is 1. The number of hydrogen-bond acceptors (Lipinski definition) is 3. The first kappa shape index (κ1) is 21.9. The number of rotatable bonds is 4. The summed E-state index contributed by atoms with van der Waals surface area (Å²) in [5.41, 5.74) is 5.06. The van der Waals surface area contributed by atoms with Gasteiger partial charge in [-0.05, 0) is 47.0 Å². The second-order valence-electron chi connectivity index (χ2n) is 9.08. The molecule has 2 aliphatic rings. The van der Waals surface area contributed by atoms with Crippen LogP contribution in [0.4, 0.5) is 0 Å².